The van der Waals surface area contributed by atoms with Crippen molar-refractivity contribution in [2.45, 2.75) is 91.3 Å². The van der Waals surface area contributed by atoms with Gasteiger partial charge in [-0.1, -0.05) is 26.7 Å². The van der Waals surface area contributed by atoms with Crippen LogP contribution in [0.4, 0.5) is 0 Å². The molecule has 4 heteroatoms. The number of carbonyl (C=O) groups excluding carboxylic acids is 1. The maximum Gasteiger partial charge on any atom is 0.307 e. The zero-order chi connectivity index (χ0) is 17.9. The predicted molar refractivity (Wildman–Crippen MR) is 96.7 cm³/mol. The highest BCUT2D eigenvalue weighted by molar-refractivity contribution is 5.70. The predicted octanol–water partition coefficient (Wildman–Crippen LogP) is 4.42. The quantitative estimate of drug-likeness (QED) is 0.469. The average molecular weight is 330 g/mol. The van der Waals surface area contributed by atoms with Gasteiger partial charge in [0, 0.05) is 13.0 Å². The van der Waals surface area contributed by atoms with Gasteiger partial charge in [0.15, 0.2) is 0 Å². The molecule has 0 fully saturated rings. The van der Waals surface area contributed by atoms with Crippen LogP contribution in [-0.2, 0) is 14.3 Å². The lowest BCUT2D eigenvalue weighted by Crippen LogP contribution is -2.33. The molecule has 0 saturated carbocycles. The van der Waals surface area contributed by atoms with Crippen LogP contribution in [0.3, 0.4) is 0 Å². The molecule has 0 aromatic carbocycles. The molecule has 0 saturated heterocycles. The van der Waals surface area contributed by atoms with E-state index >= 15 is 0 Å². The molecule has 23 heavy (non-hydrogen) atoms. The van der Waals surface area contributed by atoms with Gasteiger partial charge in [0.25, 0.3) is 0 Å². The number of hydrogen-bond donors (Lipinski definition) is 0. The lowest BCUT2D eigenvalue weighted by molar-refractivity contribution is -0.159. The Bertz CT molecular complexity index is 327. The first-order valence-corrected chi connectivity index (χ1v) is 9.16. The summed E-state index contributed by atoms with van der Waals surface area (Å²) in [6.45, 7) is 14.9. The first kappa shape index (κ1) is 22.4. The zero-order valence-electron chi connectivity index (χ0n) is 16.5. The molecular weight excluding hydrogens is 290 g/mol. The molecule has 138 valence electrons. The number of hydrogen-bond acceptors (Lipinski definition) is 4. The van der Waals surface area contributed by atoms with Gasteiger partial charge < -0.3 is 14.4 Å². The number of rotatable bonds is 13. The molecule has 0 rings (SSSR count). The fourth-order valence-corrected chi connectivity index (χ4v) is 2.48. The van der Waals surface area contributed by atoms with Crippen LogP contribution in [0.5, 0.6) is 0 Å². The highest BCUT2D eigenvalue weighted by atomic mass is 16.6. The first-order valence-electron chi connectivity index (χ1n) is 9.16. The second-order valence-electron chi connectivity index (χ2n) is 7.75. The number of unbranched alkanes of at least 4 members (excludes halogenated alkanes) is 1. The highest BCUT2D eigenvalue weighted by Gasteiger charge is 2.25. The first-order chi connectivity index (χ1) is 10.6. The lowest BCUT2D eigenvalue weighted by atomic mass is 10.0. The molecule has 0 bridgehead atoms. The van der Waals surface area contributed by atoms with Crippen LogP contribution in [0.15, 0.2) is 0 Å². The molecular formula is C19H39NO3. The van der Waals surface area contributed by atoms with Gasteiger partial charge in [0.1, 0.15) is 5.60 Å². The van der Waals surface area contributed by atoms with Crippen molar-refractivity contribution in [3.63, 3.8) is 0 Å². The van der Waals surface area contributed by atoms with Crippen LogP contribution in [0.25, 0.3) is 0 Å². The van der Waals surface area contributed by atoms with Gasteiger partial charge in [-0.15, -0.1) is 0 Å². The van der Waals surface area contributed by atoms with Crippen LogP contribution in [0.1, 0.15) is 80.1 Å². The summed E-state index contributed by atoms with van der Waals surface area (Å²) in [5, 5.41) is 0. The van der Waals surface area contributed by atoms with Gasteiger partial charge in [-0.2, -0.15) is 0 Å². The molecule has 0 aromatic heterocycles. The summed E-state index contributed by atoms with van der Waals surface area (Å²) >= 11 is 0. The normalized spacial score (nSPS) is 12.7. The third-order valence-electron chi connectivity index (χ3n) is 4.03. The van der Waals surface area contributed by atoms with Crippen molar-refractivity contribution in [2.24, 2.45) is 0 Å². The molecule has 0 aliphatic carbocycles. The van der Waals surface area contributed by atoms with Crippen molar-refractivity contribution in [1.82, 2.24) is 4.90 Å². The number of ether oxygens (including phenoxy) is 2. The Kier molecular flexibility index (Phi) is 10.7. The second kappa shape index (κ2) is 11.0. The maximum absolute atomic E-state index is 12.0. The Balaban J connectivity index is 4.03. The summed E-state index contributed by atoms with van der Waals surface area (Å²) in [4.78, 5) is 14.2. The molecule has 0 radical (unpaired) electrons. The van der Waals surface area contributed by atoms with E-state index in [2.05, 4.69) is 39.6 Å². The minimum Gasteiger partial charge on any atom is -0.460 e. The van der Waals surface area contributed by atoms with Crippen molar-refractivity contribution < 1.29 is 14.3 Å². The molecule has 0 amide bonds. The van der Waals surface area contributed by atoms with Crippen LogP contribution in [0.2, 0.25) is 0 Å². The van der Waals surface area contributed by atoms with E-state index in [-0.39, 0.29) is 11.6 Å². The Morgan fingerprint density at radius 3 is 2.17 bits per heavy atom. The largest absolute Gasteiger partial charge is 0.460 e. The van der Waals surface area contributed by atoms with Crippen LogP contribution in [0, 0.1) is 0 Å². The van der Waals surface area contributed by atoms with Gasteiger partial charge in [-0.3, -0.25) is 4.79 Å². The Hall–Kier alpha value is -0.610. The summed E-state index contributed by atoms with van der Waals surface area (Å²) in [6, 6.07) is 0. The number of carbonyl (C=O) groups is 1. The second-order valence-corrected chi connectivity index (χ2v) is 7.75. The standard InChI is InChI=1S/C19H39NO3/c1-8-10-14-20(7)15-11-17(21)23-19(5,6)13-16-22-18(3,4)12-9-2/h8-16H2,1-7H3. The molecule has 0 aliphatic rings. The summed E-state index contributed by atoms with van der Waals surface area (Å²) in [5.74, 6) is -0.119. The minimum absolute atomic E-state index is 0.100. The lowest BCUT2D eigenvalue weighted by Gasteiger charge is -2.29. The SMILES string of the molecule is CCCCN(C)CCC(=O)OC(C)(C)CCOC(C)(C)CCC. The molecule has 0 unspecified atom stereocenters. The van der Waals surface area contributed by atoms with Crippen molar-refractivity contribution >= 4 is 5.97 Å². The van der Waals surface area contributed by atoms with Crippen LogP contribution in [-0.4, -0.2) is 48.8 Å². The molecule has 0 spiro atoms. The van der Waals surface area contributed by atoms with E-state index in [0.29, 0.717) is 13.0 Å². The third kappa shape index (κ3) is 12.5. The highest BCUT2D eigenvalue weighted by Crippen LogP contribution is 2.20. The van der Waals surface area contributed by atoms with Crippen LogP contribution < -0.4 is 0 Å². The maximum atomic E-state index is 12.0. The molecule has 0 aromatic rings. The Morgan fingerprint density at radius 2 is 1.61 bits per heavy atom. The van der Waals surface area contributed by atoms with Crippen LogP contribution >= 0.6 is 0 Å². The monoisotopic (exact) mass is 329 g/mol. The summed E-state index contributed by atoms with van der Waals surface area (Å²) in [7, 11) is 2.05. The van der Waals surface area contributed by atoms with Gasteiger partial charge in [-0.05, 0) is 54.1 Å². The van der Waals surface area contributed by atoms with E-state index < -0.39 is 5.60 Å². The zero-order valence-corrected chi connectivity index (χ0v) is 16.5. The van der Waals surface area contributed by atoms with E-state index in [4.69, 9.17) is 9.47 Å². The van der Waals surface area contributed by atoms with Gasteiger partial charge >= 0.3 is 5.97 Å². The van der Waals surface area contributed by atoms with Gasteiger partial charge in [0.05, 0.1) is 18.6 Å². The van der Waals surface area contributed by atoms with E-state index in [1.54, 1.807) is 0 Å². The third-order valence-corrected chi connectivity index (χ3v) is 4.03. The molecule has 4 nitrogen and oxygen atoms in total. The molecule has 0 N–H and O–H groups in total. The van der Waals surface area contributed by atoms with E-state index in [1.807, 2.05) is 13.8 Å². The summed E-state index contributed by atoms with van der Waals surface area (Å²) < 4.78 is 11.6. The molecule has 0 aliphatic heterocycles. The molecule has 0 heterocycles. The average Bonchev–Trinajstić information content (AvgIpc) is 2.41. The van der Waals surface area contributed by atoms with Gasteiger partial charge in [-0.25, -0.2) is 0 Å². The number of esters is 1. The van der Waals surface area contributed by atoms with E-state index in [1.165, 1.54) is 12.8 Å². The van der Waals surface area contributed by atoms with E-state index in [0.717, 1.165) is 32.4 Å². The minimum atomic E-state index is -0.471. The van der Waals surface area contributed by atoms with Crippen molar-refractivity contribution in [3.05, 3.63) is 0 Å². The Morgan fingerprint density at radius 1 is 0.957 bits per heavy atom. The fraction of sp³-hybridized carbons (Fsp3) is 0.947. The molecule has 0 atom stereocenters. The van der Waals surface area contributed by atoms with Crippen molar-refractivity contribution in [3.8, 4) is 0 Å². The van der Waals surface area contributed by atoms with Crippen molar-refractivity contribution in [1.29, 1.82) is 0 Å². The van der Waals surface area contributed by atoms with E-state index in [9.17, 15) is 4.79 Å². The fourth-order valence-electron chi connectivity index (χ4n) is 2.48. The summed E-state index contributed by atoms with van der Waals surface area (Å²) in [5.41, 5.74) is -0.571. The number of nitrogens with zero attached hydrogens (tertiary/aromatic N) is 1. The van der Waals surface area contributed by atoms with Crippen molar-refractivity contribution in [2.75, 3.05) is 26.7 Å². The Labute approximate surface area is 143 Å². The topological polar surface area (TPSA) is 38.8 Å². The van der Waals surface area contributed by atoms with Gasteiger partial charge in [0.2, 0.25) is 0 Å². The smallest absolute Gasteiger partial charge is 0.307 e. The summed E-state index contributed by atoms with van der Waals surface area (Å²) in [6.07, 6.45) is 5.66.